The van der Waals surface area contributed by atoms with E-state index in [1.165, 1.54) is 31.4 Å². The third-order valence-electron chi connectivity index (χ3n) is 4.55. The number of hydrogen-bond donors (Lipinski definition) is 1. The van der Waals surface area contributed by atoms with Crippen LogP contribution in [-0.2, 0) is 6.42 Å². The van der Waals surface area contributed by atoms with E-state index in [1.54, 1.807) is 6.07 Å². The Morgan fingerprint density at radius 3 is 2.53 bits per heavy atom. The van der Waals surface area contributed by atoms with Crippen LogP contribution in [0.5, 0.6) is 0 Å². The number of halogens is 1. The zero-order valence-corrected chi connectivity index (χ0v) is 11.9. The van der Waals surface area contributed by atoms with E-state index in [4.69, 9.17) is 0 Å². The van der Waals surface area contributed by atoms with Crippen molar-refractivity contribution in [3.63, 3.8) is 0 Å². The lowest BCUT2D eigenvalue weighted by molar-refractivity contribution is -0.0310. The van der Waals surface area contributed by atoms with Crippen molar-refractivity contribution in [1.29, 1.82) is 0 Å². The molecule has 3 heteroatoms. The molecule has 0 radical (unpaired) electrons. The molecular weight excluding hydrogens is 241 g/mol. The Bertz CT molecular complexity index is 413. The first-order valence-corrected chi connectivity index (χ1v) is 7.14. The molecule has 1 aromatic rings. The molecule has 0 aromatic heterocycles. The fraction of sp³-hybridized carbons (Fsp3) is 0.625. The highest BCUT2D eigenvalue weighted by atomic mass is 19.1. The van der Waals surface area contributed by atoms with E-state index >= 15 is 0 Å². The van der Waals surface area contributed by atoms with Crippen LogP contribution in [-0.4, -0.2) is 35.7 Å². The van der Waals surface area contributed by atoms with Gasteiger partial charge in [0, 0.05) is 12.0 Å². The van der Waals surface area contributed by atoms with Crippen LogP contribution in [0, 0.1) is 5.82 Å². The molecule has 1 aliphatic rings. The summed E-state index contributed by atoms with van der Waals surface area (Å²) in [5.41, 5.74) is 0.726. The van der Waals surface area contributed by atoms with Crippen LogP contribution in [0.4, 0.5) is 4.39 Å². The van der Waals surface area contributed by atoms with E-state index in [2.05, 4.69) is 4.90 Å². The largest absolute Gasteiger partial charge is 0.391 e. The van der Waals surface area contributed by atoms with E-state index in [1.807, 2.05) is 20.2 Å². The molecule has 19 heavy (non-hydrogen) atoms. The summed E-state index contributed by atoms with van der Waals surface area (Å²) < 4.78 is 13.2. The molecule has 1 N–H and O–H groups in total. The highest BCUT2D eigenvalue weighted by Gasteiger charge is 2.40. The van der Waals surface area contributed by atoms with Gasteiger partial charge in [0.1, 0.15) is 5.82 Å². The maximum Gasteiger partial charge on any atom is 0.123 e. The molecule has 1 unspecified atom stereocenters. The molecule has 0 aliphatic heterocycles. The van der Waals surface area contributed by atoms with E-state index in [0.29, 0.717) is 6.42 Å². The molecule has 0 spiro atoms. The Morgan fingerprint density at radius 2 is 1.95 bits per heavy atom. The van der Waals surface area contributed by atoms with Gasteiger partial charge in [0.05, 0.1) is 6.10 Å². The predicted octanol–water partition coefficient (Wildman–Crippen LogP) is 2.99. The number of hydrogen-bond acceptors (Lipinski definition) is 2. The first kappa shape index (κ1) is 14.5. The molecule has 1 aromatic carbocycles. The van der Waals surface area contributed by atoms with Crippen molar-refractivity contribution < 1.29 is 9.50 Å². The lowest BCUT2D eigenvalue weighted by Gasteiger charge is -2.46. The summed E-state index contributed by atoms with van der Waals surface area (Å²) in [4.78, 5) is 2.16. The predicted molar refractivity (Wildman–Crippen MR) is 75.6 cm³/mol. The third kappa shape index (κ3) is 3.15. The van der Waals surface area contributed by atoms with Crippen molar-refractivity contribution in [3.05, 3.63) is 35.6 Å². The van der Waals surface area contributed by atoms with Gasteiger partial charge >= 0.3 is 0 Å². The van der Waals surface area contributed by atoms with Crippen LogP contribution in [0.15, 0.2) is 24.3 Å². The van der Waals surface area contributed by atoms with Gasteiger partial charge in [0.25, 0.3) is 0 Å². The highest BCUT2D eigenvalue weighted by Crippen LogP contribution is 2.36. The second kappa shape index (κ2) is 6.02. The second-order valence-corrected chi connectivity index (χ2v) is 5.91. The van der Waals surface area contributed by atoms with Gasteiger partial charge in [-0.2, -0.15) is 0 Å². The molecule has 1 fully saturated rings. The van der Waals surface area contributed by atoms with Crippen LogP contribution in [0.2, 0.25) is 0 Å². The van der Waals surface area contributed by atoms with Crippen molar-refractivity contribution >= 4 is 0 Å². The first-order chi connectivity index (χ1) is 9.04. The number of benzene rings is 1. The molecule has 1 atom stereocenters. The normalized spacial score (nSPS) is 20.5. The first-order valence-electron chi connectivity index (χ1n) is 7.14. The summed E-state index contributed by atoms with van der Waals surface area (Å²) in [7, 11) is 4.08. The van der Waals surface area contributed by atoms with Gasteiger partial charge < -0.3 is 10.0 Å². The summed E-state index contributed by atoms with van der Waals surface area (Å²) in [6.07, 6.45) is 5.71. The van der Waals surface area contributed by atoms with E-state index in [0.717, 1.165) is 18.4 Å². The van der Waals surface area contributed by atoms with E-state index in [9.17, 15) is 9.50 Å². The van der Waals surface area contributed by atoms with Crippen LogP contribution >= 0.6 is 0 Å². The number of likely N-dealkylation sites (N-methyl/N-ethyl adjacent to an activating group) is 1. The number of aliphatic hydroxyl groups excluding tert-OH is 1. The smallest absolute Gasteiger partial charge is 0.123 e. The standard InChI is InChI=1S/C16H24FNO/c1-18(2)16(9-4-3-5-10-16)15(19)12-13-7-6-8-14(17)11-13/h6-8,11,15,19H,3-5,9-10,12H2,1-2H3. The molecule has 1 saturated carbocycles. The van der Waals surface area contributed by atoms with Crippen molar-refractivity contribution in [2.24, 2.45) is 0 Å². The molecule has 0 bridgehead atoms. The van der Waals surface area contributed by atoms with Crippen molar-refractivity contribution in [3.8, 4) is 0 Å². The zero-order chi connectivity index (χ0) is 13.9. The van der Waals surface area contributed by atoms with Gasteiger partial charge in [0.2, 0.25) is 0 Å². The van der Waals surface area contributed by atoms with Gasteiger partial charge in [0.15, 0.2) is 0 Å². The number of aliphatic hydroxyl groups is 1. The van der Waals surface area contributed by atoms with Crippen molar-refractivity contribution in [2.45, 2.75) is 50.2 Å². The molecule has 2 nitrogen and oxygen atoms in total. The fourth-order valence-electron chi connectivity index (χ4n) is 3.32. The lowest BCUT2D eigenvalue weighted by atomic mass is 9.75. The van der Waals surface area contributed by atoms with Gasteiger partial charge in [-0.3, -0.25) is 0 Å². The van der Waals surface area contributed by atoms with Crippen molar-refractivity contribution in [2.75, 3.05) is 14.1 Å². The minimum absolute atomic E-state index is 0.148. The van der Waals surface area contributed by atoms with Gasteiger partial charge in [-0.05, 0) is 44.6 Å². The van der Waals surface area contributed by atoms with Crippen LogP contribution in [0.3, 0.4) is 0 Å². The maximum atomic E-state index is 13.2. The van der Waals surface area contributed by atoms with E-state index in [-0.39, 0.29) is 11.4 Å². The number of nitrogens with zero attached hydrogens (tertiary/aromatic N) is 1. The summed E-state index contributed by atoms with van der Waals surface area (Å²) in [6, 6.07) is 6.56. The highest BCUT2D eigenvalue weighted by molar-refractivity contribution is 5.18. The number of rotatable bonds is 4. The second-order valence-electron chi connectivity index (χ2n) is 5.91. The van der Waals surface area contributed by atoms with Crippen molar-refractivity contribution in [1.82, 2.24) is 4.90 Å². The summed E-state index contributed by atoms with van der Waals surface area (Å²) in [6.45, 7) is 0. The van der Waals surface area contributed by atoms with Crippen LogP contribution in [0.25, 0.3) is 0 Å². The molecule has 2 rings (SSSR count). The SMILES string of the molecule is CN(C)C1(C(O)Cc2cccc(F)c2)CCCCC1. The monoisotopic (exact) mass is 265 g/mol. The molecule has 1 aliphatic carbocycles. The summed E-state index contributed by atoms with van der Waals surface area (Å²) >= 11 is 0. The third-order valence-corrected chi connectivity index (χ3v) is 4.55. The Kier molecular flexibility index (Phi) is 4.58. The van der Waals surface area contributed by atoms with Gasteiger partial charge in [-0.25, -0.2) is 4.39 Å². The lowest BCUT2D eigenvalue weighted by Crippen LogP contribution is -2.55. The average molecular weight is 265 g/mol. The summed E-state index contributed by atoms with van der Waals surface area (Å²) in [5, 5.41) is 10.7. The molecule has 0 amide bonds. The zero-order valence-electron chi connectivity index (χ0n) is 11.9. The minimum Gasteiger partial charge on any atom is -0.391 e. The molecule has 106 valence electrons. The minimum atomic E-state index is -0.440. The van der Waals surface area contributed by atoms with Gasteiger partial charge in [-0.1, -0.05) is 31.4 Å². The quantitative estimate of drug-likeness (QED) is 0.904. The Morgan fingerprint density at radius 1 is 1.26 bits per heavy atom. The Balaban J connectivity index is 2.13. The van der Waals surface area contributed by atoms with Crippen LogP contribution in [0.1, 0.15) is 37.7 Å². The average Bonchev–Trinajstić information content (AvgIpc) is 2.39. The van der Waals surface area contributed by atoms with E-state index < -0.39 is 6.10 Å². The Hall–Kier alpha value is -0.930. The molecule has 0 saturated heterocycles. The Labute approximate surface area is 115 Å². The topological polar surface area (TPSA) is 23.5 Å². The van der Waals surface area contributed by atoms with Gasteiger partial charge in [-0.15, -0.1) is 0 Å². The summed E-state index contributed by atoms with van der Waals surface area (Å²) in [5.74, 6) is -0.229. The fourth-order valence-corrected chi connectivity index (χ4v) is 3.32. The maximum absolute atomic E-state index is 13.2. The molecular formula is C16H24FNO. The van der Waals surface area contributed by atoms with Crippen LogP contribution < -0.4 is 0 Å². The molecule has 0 heterocycles.